The highest BCUT2D eigenvalue weighted by molar-refractivity contribution is 7.99. The Balaban J connectivity index is 1.01. The number of pyridine rings is 1. The van der Waals surface area contributed by atoms with Gasteiger partial charge in [-0.3, -0.25) is 4.90 Å². The Kier molecular flexibility index (Phi) is 11.0. The summed E-state index contributed by atoms with van der Waals surface area (Å²) in [5, 5.41) is 19.0. The van der Waals surface area contributed by atoms with Gasteiger partial charge in [0.1, 0.15) is 5.75 Å². The molecule has 0 atom stereocenters. The molecule has 1 saturated heterocycles. The molecule has 0 unspecified atom stereocenters. The Labute approximate surface area is 251 Å². The van der Waals surface area contributed by atoms with Crippen LogP contribution in [0.4, 0.5) is 10.5 Å². The zero-order valence-electron chi connectivity index (χ0n) is 23.9. The molecule has 0 saturated carbocycles. The van der Waals surface area contributed by atoms with Crippen molar-refractivity contribution in [3.8, 4) is 11.6 Å². The first kappa shape index (κ1) is 30.2. The number of hydrogen-bond donors (Lipinski definition) is 2. The number of fused-ring (bicyclic) bond motifs is 2. The molecule has 1 aromatic heterocycles. The molecule has 10 nitrogen and oxygen atoms in total. The van der Waals surface area contributed by atoms with Gasteiger partial charge in [-0.1, -0.05) is 6.07 Å². The van der Waals surface area contributed by atoms with E-state index in [1.165, 1.54) is 27.7 Å². The molecule has 0 spiro atoms. The number of carbonyl (C=O) groups excluding carboxylic acids is 1. The lowest BCUT2D eigenvalue weighted by Crippen LogP contribution is -2.47. The van der Waals surface area contributed by atoms with Gasteiger partial charge in [-0.15, -0.1) is 11.8 Å². The molecule has 3 heterocycles. The summed E-state index contributed by atoms with van der Waals surface area (Å²) in [6.07, 6.45) is 2.58. The molecule has 2 aliphatic heterocycles. The number of piperazine rings is 1. The lowest BCUT2D eigenvalue weighted by Gasteiger charge is -2.37. The normalized spacial score (nSPS) is 15.0. The van der Waals surface area contributed by atoms with Crippen molar-refractivity contribution in [3.63, 3.8) is 0 Å². The minimum Gasteiger partial charge on any atom is -0.494 e. The fourth-order valence-electron chi connectivity index (χ4n) is 5.36. The number of aliphatic hydroxyl groups is 2. The van der Waals surface area contributed by atoms with Crippen LogP contribution in [0.1, 0.15) is 18.4 Å². The van der Waals surface area contributed by atoms with Crippen molar-refractivity contribution in [2.45, 2.75) is 24.2 Å². The molecule has 3 aromatic rings. The molecule has 1 amide bonds. The first-order chi connectivity index (χ1) is 20.6. The van der Waals surface area contributed by atoms with E-state index in [0.717, 1.165) is 62.2 Å². The second kappa shape index (κ2) is 15.3. The fraction of sp³-hybridized carbons (Fsp3) is 0.484. The van der Waals surface area contributed by atoms with Gasteiger partial charge < -0.3 is 34.2 Å². The number of aliphatic hydroxyl groups excluding tert-OH is 2. The Morgan fingerprint density at radius 1 is 0.976 bits per heavy atom. The van der Waals surface area contributed by atoms with Crippen molar-refractivity contribution in [1.29, 1.82) is 0 Å². The van der Waals surface area contributed by atoms with Crippen LogP contribution in [0, 0.1) is 0 Å². The second-order valence-corrected chi connectivity index (χ2v) is 11.5. The van der Waals surface area contributed by atoms with Crippen LogP contribution in [0.5, 0.6) is 11.6 Å². The van der Waals surface area contributed by atoms with Gasteiger partial charge in [-0.2, -0.15) is 0 Å². The summed E-state index contributed by atoms with van der Waals surface area (Å²) in [4.78, 5) is 24.4. The second-order valence-electron chi connectivity index (χ2n) is 10.3. The van der Waals surface area contributed by atoms with Crippen molar-refractivity contribution in [3.05, 3.63) is 54.1 Å². The van der Waals surface area contributed by atoms with E-state index in [9.17, 15) is 4.79 Å². The molecular formula is C31H40N4O6S. The first-order valence-corrected chi connectivity index (χ1v) is 15.6. The van der Waals surface area contributed by atoms with Crippen molar-refractivity contribution in [2.24, 2.45) is 0 Å². The number of thioether (sulfide) groups is 1. The van der Waals surface area contributed by atoms with Crippen molar-refractivity contribution in [2.75, 3.05) is 83.1 Å². The zero-order valence-corrected chi connectivity index (χ0v) is 24.8. The van der Waals surface area contributed by atoms with E-state index in [-0.39, 0.29) is 33.1 Å². The summed E-state index contributed by atoms with van der Waals surface area (Å²) in [6, 6.07) is 16.1. The molecule has 11 heteroatoms. The molecule has 0 radical (unpaired) electrons. The molecule has 2 N–H and O–H groups in total. The van der Waals surface area contributed by atoms with E-state index in [1.807, 2.05) is 36.0 Å². The van der Waals surface area contributed by atoms with Crippen LogP contribution in [0.25, 0.3) is 10.9 Å². The molecule has 1 fully saturated rings. The average molecular weight is 597 g/mol. The van der Waals surface area contributed by atoms with Crippen LogP contribution in [0.2, 0.25) is 0 Å². The topological polar surface area (TPSA) is 108 Å². The fourth-order valence-corrected chi connectivity index (χ4v) is 6.44. The van der Waals surface area contributed by atoms with Gasteiger partial charge in [0.25, 0.3) is 0 Å². The van der Waals surface area contributed by atoms with Gasteiger partial charge >= 0.3 is 6.09 Å². The van der Waals surface area contributed by atoms with E-state index in [0.29, 0.717) is 12.5 Å². The van der Waals surface area contributed by atoms with Crippen LogP contribution >= 0.6 is 11.8 Å². The van der Waals surface area contributed by atoms with Gasteiger partial charge in [0, 0.05) is 73.1 Å². The summed E-state index contributed by atoms with van der Waals surface area (Å²) in [6.45, 7) is 5.46. The monoisotopic (exact) mass is 596 g/mol. The number of ether oxygens (including phenoxy) is 3. The molecular weight excluding hydrogens is 556 g/mol. The third-order valence-corrected chi connectivity index (χ3v) is 8.70. The van der Waals surface area contributed by atoms with Gasteiger partial charge in [0.05, 0.1) is 25.3 Å². The van der Waals surface area contributed by atoms with Gasteiger partial charge in [-0.05, 0) is 61.7 Å². The number of amides is 1. The summed E-state index contributed by atoms with van der Waals surface area (Å²) in [5.74, 6) is 2.28. The lowest BCUT2D eigenvalue weighted by atomic mass is 10.1. The number of nitrogens with zero attached hydrogens (tertiary/aromatic N) is 4. The van der Waals surface area contributed by atoms with Gasteiger partial charge in [-0.25, -0.2) is 9.78 Å². The summed E-state index contributed by atoms with van der Waals surface area (Å²) < 4.78 is 16.6. The van der Waals surface area contributed by atoms with Crippen molar-refractivity contribution in [1.82, 2.24) is 14.8 Å². The number of unbranched alkanes of at least 4 members (excludes halogenated alkanes) is 1. The van der Waals surface area contributed by atoms with Crippen LogP contribution in [0.3, 0.4) is 0 Å². The van der Waals surface area contributed by atoms with Crippen LogP contribution < -0.4 is 14.4 Å². The summed E-state index contributed by atoms with van der Waals surface area (Å²) in [7, 11) is 0. The molecule has 226 valence electrons. The van der Waals surface area contributed by atoms with E-state index < -0.39 is 6.09 Å². The van der Waals surface area contributed by atoms with E-state index in [2.05, 4.69) is 33.0 Å². The van der Waals surface area contributed by atoms with E-state index >= 15 is 0 Å². The molecule has 2 aliphatic rings. The van der Waals surface area contributed by atoms with Crippen molar-refractivity contribution < 1.29 is 29.2 Å². The van der Waals surface area contributed by atoms with Crippen molar-refractivity contribution >= 4 is 34.4 Å². The average Bonchev–Trinajstić information content (AvgIpc) is 3.50. The highest BCUT2D eigenvalue weighted by Crippen LogP contribution is 2.37. The highest BCUT2D eigenvalue weighted by Gasteiger charge is 2.22. The maximum absolute atomic E-state index is 12.1. The number of rotatable bonds is 14. The van der Waals surface area contributed by atoms with Gasteiger partial charge in [0.2, 0.25) is 12.7 Å². The molecule has 5 rings (SSSR count). The number of carbonyl (C=O) groups is 1. The van der Waals surface area contributed by atoms with E-state index in [1.54, 1.807) is 11.6 Å². The molecule has 0 aliphatic carbocycles. The smallest absolute Gasteiger partial charge is 0.412 e. The Morgan fingerprint density at radius 2 is 1.79 bits per heavy atom. The lowest BCUT2D eigenvalue weighted by molar-refractivity contribution is 0.0269. The highest BCUT2D eigenvalue weighted by atomic mass is 32.2. The maximum Gasteiger partial charge on any atom is 0.412 e. The third-order valence-electron chi connectivity index (χ3n) is 7.59. The Bertz CT molecular complexity index is 1310. The van der Waals surface area contributed by atoms with Crippen LogP contribution in [-0.2, 0) is 11.2 Å². The third kappa shape index (κ3) is 7.97. The zero-order chi connectivity index (χ0) is 29.1. The number of anilines is 1. The largest absolute Gasteiger partial charge is 0.494 e. The quantitative estimate of drug-likeness (QED) is 0.212. The first-order valence-electron chi connectivity index (χ1n) is 14.7. The van der Waals surface area contributed by atoms with Crippen LogP contribution in [0.15, 0.2) is 53.4 Å². The summed E-state index contributed by atoms with van der Waals surface area (Å²) in [5.41, 5.74) is 3.71. The Hall–Kier alpha value is -3.25. The standard InChI is InChI=1S/C31H40N4O6S/c36-18-16-35(17-19-37)31(38)41-23-40-30-9-7-24-6-8-25(22-27(24)32-30)39-20-2-1-11-33-12-14-34(15-13-33)28-4-3-5-29-26(28)10-21-42-29/h3-9,22,36-37H,1-2,10-21,23H2. The van der Waals surface area contributed by atoms with Gasteiger partial charge in [0.15, 0.2) is 0 Å². The number of benzene rings is 2. The molecule has 42 heavy (non-hydrogen) atoms. The van der Waals surface area contributed by atoms with E-state index in [4.69, 9.17) is 24.4 Å². The summed E-state index contributed by atoms with van der Waals surface area (Å²) >= 11 is 1.98. The molecule has 2 aromatic carbocycles. The molecule has 0 bridgehead atoms. The predicted molar refractivity (Wildman–Crippen MR) is 164 cm³/mol. The predicted octanol–water partition coefficient (Wildman–Crippen LogP) is 3.62. The maximum atomic E-state index is 12.1. The number of hydrogen-bond acceptors (Lipinski definition) is 10. The number of aromatic nitrogens is 1. The van der Waals surface area contributed by atoms with Crippen LogP contribution in [-0.4, -0.2) is 109 Å². The Morgan fingerprint density at radius 3 is 2.60 bits per heavy atom. The SMILES string of the molecule is O=C(OCOc1ccc2ccc(OCCCCN3CCN(c4cccc5c4CCS5)CC3)cc2n1)N(CCO)CCO. The minimum absolute atomic E-state index is 0.0723. The minimum atomic E-state index is -0.675.